The van der Waals surface area contributed by atoms with Gasteiger partial charge in [-0.25, -0.2) is 15.0 Å². The highest BCUT2D eigenvalue weighted by atomic mass is 127. The van der Waals surface area contributed by atoms with E-state index in [0.717, 1.165) is 57.0 Å². The number of guanidine groups is 1. The van der Waals surface area contributed by atoms with Gasteiger partial charge < -0.3 is 24.9 Å². The smallest absolute Gasteiger partial charge is 0.225 e. The number of carbonyl (C=O) groups excluding carboxylic acids is 1. The molecular formula is C22H32IN9O. The second-order valence-corrected chi connectivity index (χ2v) is 7.80. The number of carbonyl (C=O) groups is 1. The van der Waals surface area contributed by atoms with Gasteiger partial charge in [0.2, 0.25) is 11.9 Å². The first-order valence-electron chi connectivity index (χ1n) is 11.2. The molecule has 1 amide bonds. The maximum absolute atomic E-state index is 12.7. The van der Waals surface area contributed by atoms with Crippen molar-refractivity contribution >= 4 is 47.6 Å². The molecule has 33 heavy (non-hydrogen) atoms. The van der Waals surface area contributed by atoms with Gasteiger partial charge in [-0.05, 0) is 18.2 Å². The molecule has 2 saturated heterocycles. The predicted octanol–water partition coefficient (Wildman–Crippen LogP) is 0.926. The molecule has 2 fully saturated rings. The number of pyridine rings is 1. The van der Waals surface area contributed by atoms with E-state index in [4.69, 9.17) is 0 Å². The molecule has 0 bridgehead atoms. The van der Waals surface area contributed by atoms with Gasteiger partial charge in [0.25, 0.3) is 0 Å². The van der Waals surface area contributed by atoms with Crippen LogP contribution < -0.4 is 15.1 Å². The van der Waals surface area contributed by atoms with Crippen LogP contribution in [0.5, 0.6) is 0 Å². The normalized spacial score (nSPS) is 16.9. The van der Waals surface area contributed by atoms with Crippen molar-refractivity contribution in [2.24, 2.45) is 4.99 Å². The first kappa shape index (κ1) is 24.9. The molecule has 0 atom stereocenters. The molecule has 0 radical (unpaired) electrons. The van der Waals surface area contributed by atoms with Gasteiger partial charge >= 0.3 is 0 Å². The molecule has 11 heteroatoms. The molecule has 0 unspecified atom stereocenters. The number of aromatic nitrogens is 3. The Kier molecular flexibility index (Phi) is 9.46. The van der Waals surface area contributed by atoms with Crippen LogP contribution in [-0.4, -0.2) is 103 Å². The van der Waals surface area contributed by atoms with Gasteiger partial charge in [-0.2, -0.15) is 0 Å². The molecule has 0 spiro atoms. The highest BCUT2D eigenvalue weighted by Gasteiger charge is 2.23. The summed E-state index contributed by atoms with van der Waals surface area (Å²) >= 11 is 0. The lowest BCUT2D eigenvalue weighted by molar-refractivity contribution is -0.131. The van der Waals surface area contributed by atoms with Crippen LogP contribution in [0.4, 0.5) is 11.8 Å². The maximum atomic E-state index is 12.7. The van der Waals surface area contributed by atoms with E-state index in [-0.39, 0.29) is 29.9 Å². The first-order valence-corrected chi connectivity index (χ1v) is 11.2. The Morgan fingerprint density at radius 3 is 2.15 bits per heavy atom. The Hall–Kier alpha value is -2.70. The van der Waals surface area contributed by atoms with Crippen LogP contribution >= 0.6 is 24.0 Å². The molecule has 4 rings (SSSR count). The quantitative estimate of drug-likeness (QED) is 0.325. The van der Waals surface area contributed by atoms with Gasteiger partial charge in [-0.1, -0.05) is 6.07 Å². The topological polar surface area (TPSA) is 93.1 Å². The van der Waals surface area contributed by atoms with Crippen molar-refractivity contribution < 1.29 is 4.79 Å². The van der Waals surface area contributed by atoms with Crippen molar-refractivity contribution in [2.75, 3.05) is 75.8 Å². The molecule has 1 N–H and O–H groups in total. The van der Waals surface area contributed by atoms with Crippen molar-refractivity contribution in [1.82, 2.24) is 30.1 Å². The van der Waals surface area contributed by atoms with E-state index < -0.39 is 0 Å². The number of nitrogens with one attached hydrogen (secondary N) is 1. The number of piperazine rings is 2. The number of anilines is 2. The summed E-state index contributed by atoms with van der Waals surface area (Å²) in [6, 6.07) is 7.80. The summed E-state index contributed by atoms with van der Waals surface area (Å²) in [5.74, 6) is 2.76. The number of hydrogen-bond acceptors (Lipinski definition) is 7. The molecule has 0 aromatic carbocycles. The van der Waals surface area contributed by atoms with Crippen LogP contribution in [0, 0.1) is 0 Å². The third-order valence-corrected chi connectivity index (χ3v) is 5.85. The van der Waals surface area contributed by atoms with Gasteiger partial charge in [-0.3, -0.25) is 9.79 Å². The molecule has 2 aromatic heterocycles. The molecule has 2 aliphatic rings. The molecule has 178 valence electrons. The van der Waals surface area contributed by atoms with E-state index >= 15 is 0 Å². The van der Waals surface area contributed by atoms with E-state index in [1.165, 1.54) is 0 Å². The lowest BCUT2D eigenvalue weighted by Crippen LogP contribution is -2.53. The molecule has 0 saturated carbocycles. The first-order chi connectivity index (χ1) is 15.7. The zero-order chi connectivity index (χ0) is 22.2. The summed E-state index contributed by atoms with van der Waals surface area (Å²) in [4.78, 5) is 38.7. The number of nitrogens with zero attached hydrogens (tertiary/aromatic N) is 8. The number of rotatable bonds is 5. The van der Waals surface area contributed by atoms with E-state index in [1.54, 1.807) is 19.4 Å². The third-order valence-electron chi connectivity index (χ3n) is 5.85. The number of hydrogen-bond donors (Lipinski definition) is 1. The number of halogens is 1. The van der Waals surface area contributed by atoms with E-state index in [9.17, 15) is 4.79 Å². The molecule has 10 nitrogen and oxygen atoms in total. The van der Waals surface area contributed by atoms with Gasteiger partial charge in [0.15, 0.2) is 5.96 Å². The maximum Gasteiger partial charge on any atom is 0.225 e. The van der Waals surface area contributed by atoms with E-state index in [1.807, 2.05) is 35.4 Å². The van der Waals surface area contributed by atoms with Crippen LogP contribution in [0.25, 0.3) is 0 Å². The van der Waals surface area contributed by atoms with Crippen LogP contribution in [0.3, 0.4) is 0 Å². The summed E-state index contributed by atoms with van der Waals surface area (Å²) in [6.45, 7) is 7.01. The predicted molar refractivity (Wildman–Crippen MR) is 140 cm³/mol. The van der Waals surface area contributed by atoms with Gasteiger partial charge in [-0.15, -0.1) is 24.0 Å². The minimum atomic E-state index is 0. The van der Waals surface area contributed by atoms with Crippen LogP contribution in [0.1, 0.15) is 6.42 Å². The molecule has 2 aliphatic heterocycles. The fourth-order valence-electron chi connectivity index (χ4n) is 4.07. The average molecular weight is 565 g/mol. The van der Waals surface area contributed by atoms with Crippen LogP contribution in [0.15, 0.2) is 47.8 Å². The zero-order valence-corrected chi connectivity index (χ0v) is 21.3. The average Bonchev–Trinajstić information content (AvgIpc) is 2.88. The summed E-state index contributed by atoms with van der Waals surface area (Å²) in [5.41, 5.74) is 0. The second-order valence-electron chi connectivity index (χ2n) is 7.80. The highest BCUT2D eigenvalue weighted by molar-refractivity contribution is 14.0. The van der Waals surface area contributed by atoms with Crippen molar-refractivity contribution in [3.05, 3.63) is 42.9 Å². The molecule has 4 heterocycles. The third kappa shape index (κ3) is 6.65. The Labute approximate surface area is 212 Å². The lowest BCUT2D eigenvalue weighted by atomic mass is 10.2. The van der Waals surface area contributed by atoms with Gasteiger partial charge in [0.05, 0.1) is 0 Å². The fraction of sp³-hybridized carbons (Fsp3) is 0.500. The van der Waals surface area contributed by atoms with E-state index in [0.29, 0.717) is 26.1 Å². The molecule has 2 aromatic rings. The Morgan fingerprint density at radius 2 is 1.52 bits per heavy atom. The van der Waals surface area contributed by atoms with Crippen molar-refractivity contribution in [2.45, 2.75) is 6.42 Å². The monoisotopic (exact) mass is 565 g/mol. The number of amides is 1. The minimum absolute atomic E-state index is 0. The van der Waals surface area contributed by atoms with Crippen molar-refractivity contribution in [1.29, 1.82) is 0 Å². The fourth-order valence-corrected chi connectivity index (χ4v) is 4.07. The van der Waals surface area contributed by atoms with E-state index in [2.05, 4.69) is 40.0 Å². The summed E-state index contributed by atoms with van der Waals surface area (Å²) in [5, 5.41) is 3.36. The lowest BCUT2D eigenvalue weighted by Gasteiger charge is -2.37. The molecule has 0 aliphatic carbocycles. The highest BCUT2D eigenvalue weighted by Crippen LogP contribution is 2.13. The van der Waals surface area contributed by atoms with Gasteiger partial charge in [0.1, 0.15) is 5.82 Å². The zero-order valence-electron chi connectivity index (χ0n) is 19.0. The van der Waals surface area contributed by atoms with Crippen LogP contribution in [0.2, 0.25) is 0 Å². The van der Waals surface area contributed by atoms with Crippen LogP contribution in [-0.2, 0) is 4.79 Å². The summed E-state index contributed by atoms with van der Waals surface area (Å²) in [6.07, 6.45) is 5.77. The SMILES string of the molecule is CN=C(NCCC(=O)N1CCN(c2ncccn2)CC1)N1CCN(c2ccccn2)CC1.I. The largest absolute Gasteiger partial charge is 0.356 e. The minimum Gasteiger partial charge on any atom is -0.356 e. The Bertz CT molecular complexity index is 883. The number of aliphatic imine (C=N–C) groups is 1. The second kappa shape index (κ2) is 12.5. The van der Waals surface area contributed by atoms with Gasteiger partial charge in [0, 0.05) is 91.0 Å². The van der Waals surface area contributed by atoms with Crippen molar-refractivity contribution in [3.63, 3.8) is 0 Å². The Balaban J connectivity index is 0.00000306. The summed E-state index contributed by atoms with van der Waals surface area (Å²) in [7, 11) is 1.79. The summed E-state index contributed by atoms with van der Waals surface area (Å²) < 4.78 is 0. The molecular weight excluding hydrogens is 533 g/mol. The standard InChI is InChI=1S/C22H31N9O.HI/c1-23-21(30-15-11-28(12-16-30)19-5-2-3-7-24-19)27-10-6-20(32)29-13-17-31(18-14-29)22-25-8-4-9-26-22;/h2-5,7-9H,6,10-18H2,1H3,(H,23,27);1H. The Morgan fingerprint density at radius 1 is 0.879 bits per heavy atom. The van der Waals surface area contributed by atoms with Crippen molar-refractivity contribution in [3.8, 4) is 0 Å².